The van der Waals surface area contributed by atoms with Gasteiger partial charge in [0.1, 0.15) is 36.3 Å². The lowest BCUT2D eigenvalue weighted by Crippen LogP contribution is -2.56. The van der Waals surface area contributed by atoms with E-state index in [2.05, 4.69) is 16.7 Å². The summed E-state index contributed by atoms with van der Waals surface area (Å²) in [6.45, 7) is 0.179. The molecule has 0 bridgehead atoms. The molecule has 2 heterocycles. The number of rotatable bonds is 11. The van der Waals surface area contributed by atoms with Crippen LogP contribution in [0.2, 0.25) is 10.0 Å². The summed E-state index contributed by atoms with van der Waals surface area (Å²) in [4.78, 5) is 55.2. The Kier molecular flexibility index (Phi) is 12.3. The average Bonchev–Trinajstić information content (AvgIpc) is 3.69. The molecule has 0 spiro atoms. The summed E-state index contributed by atoms with van der Waals surface area (Å²) in [5, 5.41) is 35.9. The van der Waals surface area contributed by atoms with Crippen molar-refractivity contribution in [2.24, 2.45) is 0 Å². The highest BCUT2D eigenvalue weighted by atomic mass is 35.5. The maximum Gasteiger partial charge on any atom is 0.411 e. The van der Waals surface area contributed by atoms with Crippen LogP contribution in [0.5, 0.6) is 11.5 Å². The first-order valence-corrected chi connectivity index (χ1v) is 20.7. The fourth-order valence-corrected chi connectivity index (χ4v) is 8.20. The van der Waals surface area contributed by atoms with Crippen molar-refractivity contribution in [2.75, 3.05) is 5.32 Å². The molecule has 1 aliphatic carbocycles. The number of fused-ring (bicyclic) bond motifs is 2. The normalized spacial score (nSPS) is 19.5. The second-order valence-electron chi connectivity index (χ2n) is 15.5. The van der Waals surface area contributed by atoms with Gasteiger partial charge in [0, 0.05) is 24.8 Å². The van der Waals surface area contributed by atoms with E-state index in [0.717, 1.165) is 16.7 Å². The number of amides is 3. The third-order valence-electron chi connectivity index (χ3n) is 11.3. The molecule has 3 aliphatic rings. The van der Waals surface area contributed by atoms with Crippen LogP contribution in [0.15, 0.2) is 103 Å². The van der Waals surface area contributed by atoms with Gasteiger partial charge in [0.05, 0.1) is 40.0 Å². The highest BCUT2D eigenvalue weighted by molar-refractivity contribution is 6.42. The highest BCUT2D eigenvalue weighted by Crippen LogP contribution is 2.40. The van der Waals surface area contributed by atoms with Gasteiger partial charge in [-0.05, 0) is 94.8 Å². The molecule has 5 aromatic rings. The summed E-state index contributed by atoms with van der Waals surface area (Å²) in [6.07, 6.45) is -1.75. The third kappa shape index (κ3) is 9.48. The van der Waals surface area contributed by atoms with Gasteiger partial charge in [0.2, 0.25) is 12.0 Å². The molecule has 62 heavy (non-hydrogen) atoms. The molecule has 1 fully saturated rings. The van der Waals surface area contributed by atoms with Gasteiger partial charge in [0.25, 0.3) is 5.91 Å². The second-order valence-corrected chi connectivity index (χ2v) is 16.3. The number of nitrogens with one attached hydrogen (secondary N) is 2. The number of hydrogen-bond acceptors (Lipinski definition) is 9. The SMILES string of the molecule is N#Cc1ccc(-c2ccc(C[C@H](NC(=O)C3Cc4cc5c(cc4CN3C(=O)OC3CCC(O)C3)O[C@@H](c3ccc(OCc4ccc(Cl)c(Cl)c4)cc3)C(=O)N5)C(=O)O)cc2)cc1. The number of aliphatic hydroxyl groups excluding tert-OH is 1. The average molecular weight is 876 g/mol. The Morgan fingerprint density at radius 1 is 0.903 bits per heavy atom. The van der Waals surface area contributed by atoms with Gasteiger partial charge in [-0.15, -0.1) is 0 Å². The number of aliphatic hydroxyl groups is 1. The van der Waals surface area contributed by atoms with Crippen LogP contribution in [0.3, 0.4) is 0 Å². The Hall–Kier alpha value is -6.59. The summed E-state index contributed by atoms with van der Waals surface area (Å²) in [6, 6.07) is 29.5. The molecule has 13 nitrogen and oxygen atoms in total. The maximum atomic E-state index is 14.1. The van der Waals surface area contributed by atoms with E-state index in [4.69, 9.17) is 42.7 Å². The van der Waals surface area contributed by atoms with Crippen LogP contribution in [0.4, 0.5) is 10.5 Å². The number of halogens is 2. The topological polar surface area (TPSA) is 188 Å². The molecule has 0 radical (unpaired) electrons. The number of nitriles is 1. The van der Waals surface area contributed by atoms with E-state index in [-0.39, 0.29) is 32.4 Å². The van der Waals surface area contributed by atoms with Crippen LogP contribution in [0.25, 0.3) is 11.1 Å². The number of carboxylic acid groups (broad SMARTS) is 1. The van der Waals surface area contributed by atoms with E-state index in [1.807, 2.05) is 30.3 Å². The van der Waals surface area contributed by atoms with Gasteiger partial charge in [0.15, 0.2) is 0 Å². The molecule has 4 N–H and O–H groups in total. The smallest absolute Gasteiger partial charge is 0.411 e. The molecule has 8 rings (SSSR count). The molecule has 0 saturated heterocycles. The number of carbonyl (C=O) groups excluding carboxylic acids is 3. The van der Waals surface area contributed by atoms with E-state index >= 15 is 0 Å². The van der Waals surface area contributed by atoms with E-state index in [0.29, 0.717) is 67.9 Å². The van der Waals surface area contributed by atoms with Crippen molar-refractivity contribution in [3.05, 3.63) is 147 Å². The zero-order valence-corrected chi connectivity index (χ0v) is 34.6. The van der Waals surface area contributed by atoms with Crippen LogP contribution in [0.1, 0.15) is 58.7 Å². The van der Waals surface area contributed by atoms with Crippen molar-refractivity contribution in [2.45, 2.75) is 75.7 Å². The van der Waals surface area contributed by atoms with E-state index in [1.54, 1.807) is 72.8 Å². The number of hydrogen-bond donors (Lipinski definition) is 4. The summed E-state index contributed by atoms with van der Waals surface area (Å²) in [5.74, 6) is -1.44. The van der Waals surface area contributed by atoms with Crippen LogP contribution < -0.4 is 20.1 Å². The predicted molar refractivity (Wildman–Crippen MR) is 229 cm³/mol. The summed E-state index contributed by atoms with van der Waals surface area (Å²) in [7, 11) is 0. The lowest BCUT2D eigenvalue weighted by Gasteiger charge is -2.37. The Balaban J connectivity index is 0.980. The van der Waals surface area contributed by atoms with Gasteiger partial charge >= 0.3 is 12.1 Å². The van der Waals surface area contributed by atoms with Crippen molar-refractivity contribution < 1.29 is 43.6 Å². The standard InChI is InChI=1S/C47H40Cl2N4O9/c48-37-16-5-28(17-38(37)49)25-60-35-13-10-31(11-14-35)43-45(56)51-39-19-32-20-41(53(24-33(32)21-42(39)62-43)47(59)61-36-15-12-34(54)22-36)44(55)52-40(46(57)58)18-26-1-6-29(7-2-26)30-8-3-27(23-50)4-9-30/h1-11,13-14,16-17,19,21,34,36,40-41,43,54H,12,15,18,20,22,24-25H2,(H,51,56)(H,52,55)(H,57,58)/t34?,36?,40-,41?,43-/m0/s1. The predicted octanol–water partition coefficient (Wildman–Crippen LogP) is 7.77. The van der Waals surface area contributed by atoms with Crippen LogP contribution >= 0.6 is 23.2 Å². The first-order valence-electron chi connectivity index (χ1n) is 20.0. The first kappa shape index (κ1) is 42.1. The number of nitrogens with zero attached hydrogens (tertiary/aromatic N) is 2. The van der Waals surface area contributed by atoms with Gasteiger partial charge in [-0.25, -0.2) is 9.59 Å². The van der Waals surface area contributed by atoms with E-state index < -0.39 is 54.3 Å². The Morgan fingerprint density at radius 3 is 2.27 bits per heavy atom. The number of ether oxygens (including phenoxy) is 3. The lowest BCUT2D eigenvalue weighted by atomic mass is 9.92. The van der Waals surface area contributed by atoms with Gasteiger partial charge in [-0.1, -0.05) is 77.8 Å². The molecule has 0 aromatic heterocycles. The van der Waals surface area contributed by atoms with Gasteiger partial charge in [-0.3, -0.25) is 14.5 Å². The first-order chi connectivity index (χ1) is 29.9. The molecule has 5 atom stereocenters. The molecule has 1 saturated carbocycles. The molecular weight excluding hydrogens is 835 g/mol. The van der Waals surface area contributed by atoms with E-state index in [9.17, 15) is 29.4 Å². The Bertz CT molecular complexity index is 2560. The second kappa shape index (κ2) is 18.2. The van der Waals surface area contributed by atoms with Crippen LogP contribution in [-0.4, -0.2) is 63.3 Å². The van der Waals surface area contributed by atoms with Crippen molar-refractivity contribution in [1.29, 1.82) is 5.26 Å². The number of aliphatic carboxylic acids is 1. The van der Waals surface area contributed by atoms with Gasteiger partial charge in [-0.2, -0.15) is 5.26 Å². The fourth-order valence-electron chi connectivity index (χ4n) is 7.88. The van der Waals surface area contributed by atoms with Crippen molar-refractivity contribution in [3.63, 3.8) is 0 Å². The molecule has 3 unspecified atom stereocenters. The van der Waals surface area contributed by atoms with Crippen molar-refractivity contribution >= 4 is 52.8 Å². The number of carbonyl (C=O) groups is 4. The third-order valence-corrected chi connectivity index (χ3v) is 12.0. The zero-order valence-electron chi connectivity index (χ0n) is 33.1. The quantitative estimate of drug-likeness (QED) is 0.102. The molecule has 3 amide bonds. The number of carboxylic acids is 1. The minimum absolute atomic E-state index is 0.00848. The molecule has 316 valence electrons. The summed E-state index contributed by atoms with van der Waals surface area (Å²) in [5.41, 5.74) is 6.04. The summed E-state index contributed by atoms with van der Waals surface area (Å²) >= 11 is 12.1. The lowest BCUT2D eigenvalue weighted by molar-refractivity contribution is -0.142. The van der Waals surface area contributed by atoms with Crippen molar-refractivity contribution in [1.82, 2.24) is 10.2 Å². The molecule has 2 aliphatic heterocycles. The number of benzene rings is 5. The molecule has 5 aromatic carbocycles. The minimum atomic E-state index is -1.33. The fraction of sp³-hybridized carbons (Fsp3) is 0.255. The Morgan fingerprint density at radius 2 is 1.61 bits per heavy atom. The zero-order chi connectivity index (χ0) is 43.5. The minimum Gasteiger partial charge on any atom is -0.489 e. The van der Waals surface area contributed by atoms with E-state index in [1.165, 1.54) is 4.90 Å². The summed E-state index contributed by atoms with van der Waals surface area (Å²) < 4.78 is 17.9. The van der Waals surface area contributed by atoms with Gasteiger partial charge < -0.3 is 35.1 Å². The largest absolute Gasteiger partial charge is 0.489 e. The maximum absolute atomic E-state index is 14.1. The van der Waals surface area contributed by atoms with Crippen molar-refractivity contribution in [3.8, 4) is 28.7 Å². The highest BCUT2D eigenvalue weighted by Gasteiger charge is 2.40. The van der Waals surface area contributed by atoms with Crippen LogP contribution in [0, 0.1) is 11.3 Å². The Labute approximate surface area is 366 Å². The monoisotopic (exact) mass is 874 g/mol. The number of anilines is 1. The molecular formula is C47H40Cl2N4O9. The van der Waals surface area contributed by atoms with Crippen LogP contribution in [-0.2, 0) is 45.1 Å². The molecule has 15 heteroatoms.